The average Bonchev–Trinajstić information content (AvgIpc) is 2.41. The predicted molar refractivity (Wildman–Crippen MR) is 81.0 cm³/mol. The van der Waals surface area contributed by atoms with Gasteiger partial charge in [0.05, 0.1) is 5.02 Å². The van der Waals surface area contributed by atoms with E-state index in [9.17, 15) is 12.6 Å². The Morgan fingerprint density at radius 3 is 2.40 bits per heavy atom. The number of sulfonamides is 1. The summed E-state index contributed by atoms with van der Waals surface area (Å²) in [6.07, 6.45) is 0. The second kappa shape index (κ2) is 6.29. The first-order valence-corrected chi connectivity index (χ1v) is 9.57. The van der Waals surface area contributed by atoms with E-state index in [0.717, 1.165) is 0 Å². The van der Waals surface area contributed by atoms with Crippen molar-refractivity contribution in [3.63, 3.8) is 0 Å². The van der Waals surface area contributed by atoms with Crippen LogP contribution in [-0.2, 0) is 27.4 Å². The Bertz CT molecular complexity index is 639. The van der Waals surface area contributed by atoms with Gasteiger partial charge in [0.2, 0.25) is 10.0 Å². The van der Waals surface area contributed by atoms with Gasteiger partial charge in [-0.05, 0) is 17.7 Å². The lowest BCUT2D eigenvalue weighted by Gasteiger charge is -2.26. The van der Waals surface area contributed by atoms with E-state index in [-0.39, 0.29) is 34.6 Å². The normalized spacial score (nSPS) is 18.4. The molecule has 1 saturated heterocycles. The molecule has 0 atom stereocenters. The van der Waals surface area contributed by atoms with Gasteiger partial charge >= 0.3 is 0 Å². The van der Waals surface area contributed by atoms with Gasteiger partial charge in [-0.3, -0.25) is 4.21 Å². The van der Waals surface area contributed by atoms with Crippen LogP contribution in [0.5, 0.6) is 0 Å². The number of nitrogens with two attached hydrogens (primary N) is 1. The third kappa shape index (κ3) is 3.18. The van der Waals surface area contributed by atoms with Crippen molar-refractivity contribution in [3.05, 3.63) is 27.7 Å². The van der Waals surface area contributed by atoms with Gasteiger partial charge in [-0.15, -0.1) is 0 Å². The maximum atomic E-state index is 12.6. The van der Waals surface area contributed by atoms with E-state index in [1.165, 1.54) is 10.4 Å². The van der Waals surface area contributed by atoms with Crippen LogP contribution in [0.15, 0.2) is 17.0 Å². The van der Waals surface area contributed by atoms with E-state index in [1.807, 2.05) is 0 Å². The molecule has 0 unspecified atom stereocenters. The molecule has 1 aromatic rings. The Morgan fingerprint density at radius 2 is 1.85 bits per heavy atom. The zero-order chi connectivity index (χ0) is 14.9. The highest BCUT2D eigenvalue weighted by Gasteiger charge is 2.30. The molecule has 20 heavy (non-hydrogen) atoms. The second-order valence-electron chi connectivity index (χ2n) is 4.33. The lowest BCUT2D eigenvalue weighted by Crippen LogP contribution is -2.41. The molecular weight excluding hydrogens is 343 g/mol. The van der Waals surface area contributed by atoms with Crippen molar-refractivity contribution < 1.29 is 12.6 Å². The molecule has 1 aliphatic heterocycles. The maximum absolute atomic E-state index is 12.6. The summed E-state index contributed by atoms with van der Waals surface area (Å²) in [6, 6.07) is 2.87. The minimum atomic E-state index is -3.74. The third-order valence-corrected chi connectivity index (χ3v) is 7.03. The molecule has 0 radical (unpaired) electrons. The summed E-state index contributed by atoms with van der Waals surface area (Å²) in [5.41, 5.74) is 6.02. The highest BCUT2D eigenvalue weighted by molar-refractivity contribution is 7.89. The van der Waals surface area contributed by atoms with Crippen molar-refractivity contribution in [2.24, 2.45) is 5.73 Å². The summed E-state index contributed by atoms with van der Waals surface area (Å²) in [6.45, 7) is 0.539. The average molecular weight is 357 g/mol. The highest BCUT2D eigenvalue weighted by atomic mass is 35.5. The minimum Gasteiger partial charge on any atom is -0.326 e. The smallest absolute Gasteiger partial charge is 0.244 e. The van der Waals surface area contributed by atoms with Gasteiger partial charge in [0.1, 0.15) is 4.90 Å². The van der Waals surface area contributed by atoms with Crippen molar-refractivity contribution in [2.75, 3.05) is 24.6 Å². The third-order valence-electron chi connectivity index (χ3n) is 3.05. The van der Waals surface area contributed by atoms with E-state index in [2.05, 4.69) is 0 Å². The molecule has 112 valence electrons. The van der Waals surface area contributed by atoms with Crippen molar-refractivity contribution >= 4 is 44.0 Å². The quantitative estimate of drug-likeness (QED) is 0.882. The van der Waals surface area contributed by atoms with Gasteiger partial charge in [0.15, 0.2) is 0 Å². The molecule has 5 nitrogen and oxygen atoms in total. The zero-order valence-electron chi connectivity index (χ0n) is 10.5. The van der Waals surface area contributed by atoms with Crippen LogP contribution in [0, 0.1) is 0 Å². The van der Waals surface area contributed by atoms with Gasteiger partial charge in [0.25, 0.3) is 0 Å². The molecule has 0 amide bonds. The zero-order valence-corrected chi connectivity index (χ0v) is 13.7. The molecule has 1 fully saturated rings. The summed E-state index contributed by atoms with van der Waals surface area (Å²) in [5, 5.41) is 0.373. The minimum absolute atomic E-state index is 0.0419. The number of hydrogen-bond donors (Lipinski definition) is 1. The number of benzene rings is 1. The van der Waals surface area contributed by atoms with Gasteiger partial charge in [0, 0.05) is 47.0 Å². The number of halogens is 2. The fourth-order valence-corrected chi connectivity index (χ4v) is 5.60. The largest absolute Gasteiger partial charge is 0.326 e. The number of nitrogens with zero attached hydrogens (tertiary/aromatic N) is 1. The monoisotopic (exact) mass is 356 g/mol. The summed E-state index contributed by atoms with van der Waals surface area (Å²) >= 11 is 12.0. The number of rotatable bonds is 3. The molecule has 0 aromatic heterocycles. The van der Waals surface area contributed by atoms with Crippen LogP contribution in [0.2, 0.25) is 10.0 Å². The van der Waals surface area contributed by atoms with Gasteiger partial charge < -0.3 is 5.73 Å². The molecule has 0 bridgehead atoms. The SMILES string of the molecule is NCc1cc(Cl)cc(S(=O)(=O)N2CCS(=O)CC2)c1Cl. The Morgan fingerprint density at radius 1 is 1.25 bits per heavy atom. The van der Waals surface area contributed by atoms with E-state index >= 15 is 0 Å². The molecule has 0 aliphatic carbocycles. The highest BCUT2D eigenvalue weighted by Crippen LogP contribution is 2.31. The Balaban J connectivity index is 2.44. The molecule has 9 heteroatoms. The lowest BCUT2D eigenvalue weighted by atomic mass is 10.2. The molecule has 1 heterocycles. The first kappa shape index (κ1) is 16.2. The summed E-state index contributed by atoms with van der Waals surface area (Å²) in [7, 11) is -4.70. The number of hydrogen-bond acceptors (Lipinski definition) is 4. The first-order valence-electron chi connectivity index (χ1n) is 5.89. The fourth-order valence-electron chi connectivity index (χ4n) is 1.96. The Labute approximate surface area is 130 Å². The molecule has 1 aromatic carbocycles. The Kier molecular flexibility index (Phi) is 5.09. The molecular formula is C11H14Cl2N2O3S2. The topological polar surface area (TPSA) is 80.5 Å². The van der Waals surface area contributed by atoms with Crippen LogP contribution in [0.1, 0.15) is 5.56 Å². The lowest BCUT2D eigenvalue weighted by molar-refractivity contribution is 0.438. The fraction of sp³-hybridized carbons (Fsp3) is 0.455. The maximum Gasteiger partial charge on any atom is 0.244 e. The van der Waals surface area contributed by atoms with Gasteiger partial charge in [-0.2, -0.15) is 4.31 Å². The molecule has 0 spiro atoms. The van der Waals surface area contributed by atoms with Crippen molar-refractivity contribution in [2.45, 2.75) is 11.4 Å². The van der Waals surface area contributed by atoms with Gasteiger partial charge in [-0.1, -0.05) is 23.2 Å². The summed E-state index contributed by atoms with van der Waals surface area (Å²) < 4.78 is 37.8. The molecule has 1 aliphatic rings. The van der Waals surface area contributed by atoms with Crippen molar-refractivity contribution in [3.8, 4) is 0 Å². The molecule has 0 saturated carbocycles. The van der Waals surface area contributed by atoms with Crippen LogP contribution < -0.4 is 5.73 Å². The van der Waals surface area contributed by atoms with E-state index < -0.39 is 20.8 Å². The van der Waals surface area contributed by atoms with Gasteiger partial charge in [-0.25, -0.2) is 8.42 Å². The van der Waals surface area contributed by atoms with Crippen LogP contribution in [0.3, 0.4) is 0 Å². The summed E-state index contributed by atoms with van der Waals surface area (Å²) in [5.74, 6) is 0.669. The van der Waals surface area contributed by atoms with Crippen LogP contribution in [0.4, 0.5) is 0 Å². The first-order chi connectivity index (χ1) is 9.36. The van der Waals surface area contributed by atoms with Crippen LogP contribution in [0.25, 0.3) is 0 Å². The van der Waals surface area contributed by atoms with E-state index in [1.54, 1.807) is 6.07 Å². The predicted octanol–water partition coefficient (Wildman–Crippen LogP) is 1.21. The molecule has 2 N–H and O–H groups in total. The van der Waals surface area contributed by atoms with Crippen molar-refractivity contribution in [1.29, 1.82) is 0 Å². The van der Waals surface area contributed by atoms with Crippen molar-refractivity contribution in [1.82, 2.24) is 4.31 Å². The van der Waals surface area contributed by atoms with E-state index in [4.69, 9.17) is 28.9 Å². The second-order valence-corrected chi connectivity index (χ2v) is 8.75. The Hall–Kier alpha value is -0.180. The van der Waals surface area contributed by atoms with E-state index in [0.29, 0.717) is 17.1 Å². The summed E-state index contributed by atoms with van der Waals surface area (Å²) in [4.78, 5) is -0.0419. The standard InChI is InChI=1S/C11H14Cl2N2O3S2/c12-9-5-8(7-14)11(13)10(6-9)20(17,18)15-1-3-19(16)4-2-15/h5-6H,1-4,7,14H2. The molecule has 2 rings (SSSR count). The van der Waals surface area contributed by atoms with Crippen LogP contribution >= 0.6 is 23.2 Å². The van der Waals surface area contributed by atoms with Crippen LogP contribution in [-0.4, -0.2) is 41.5 Å².